The monoisotopic (exact) mass is 926 g/mol. The number of hydrogen-bond acceptors (Lipinski definition) is 19. The number of esters is 1. The van der Waals surface area contributed by atoms with Crippen LogP contribution in [-0.2, 0) is 48.1 Å². The predicted molar refractivity (Wildman–Crippen MR) is 225 cm³/mol. The van der Waals surface area contributed by atoms with Crippen LogP contribution in [0.3, 0.4) is 0 Å². The van der Waals surface area contributed by atoms with E-state index in [9.17, 15) is 32.4 Å². The SMILES string of the molecule is CC(C)(C)OC(=O)Nc1nc(/C(=N/O[C@@H](COc2ccc3nc(NC4CN(C(=O)OC(C)(C)C)C4)sc3c2)C(=O)OC(C)(C)C)C(=O)N[C@@H]2C(=O)N(OS(=O)(=O)O)C2(C)C)cs1. The van der Waals surface area contributed by atoms with E-state index < -0.39 is 81.1 Å². The highest BCUT2D eigenvalue weighted by atomic mass is 32.3. The van der Waals surface area contributed by atoms with Crippen molar-refractivity contribution in [3.63, 3.8) is 0 Å². The van der Waals surface area contributed by atoms with Crippen molar-refractivity contribution in [2.24, 2.45) is 5.16 Å². The highest BCUT2D eigenvalue weighted by molar-refractivity contribution is 7.80. The van der Waals surface area contributed by atoms with Crippen molar-refractivity contribution < 1.29 is 65.0 Å². The van der Waals surface area contributed by atoms with Crippen molar-refractivity contribution in [1.29, 1.82) is 0 Å². The molecule has 3 aromatic rings. The van der Waals surface area contributed by atoms with Gasteiger partial charge in [0.05, 0.1) is 21.8 Å². The van der Waals surface area contributed by atoms with Crippen molar-refractivity contribution in [3.8, 4) is 5.75 Å². The number of anilines is 2. The molecule has 2 aliphatic heterocycles. The van der Waals surface area contributed by atoms with Gasteiger partial charge in [-0.1, -0.05) is 16.5 Å². The van der Waals surface area contributed by atoms with Gasteiger partial charge in [-0.25, -0.2) is 24.4 Å². The number of aromatic nitrogens is 2. The van der Waals surface area contributed by atoms with Gasteiger partial charge in [0.15, 0.2) is 16.0 Å². The van der Waals surface area contributed by atoms with Crippen LogP contribution in [0.4, 0.5) is 19.9 Å². The summed E-state index contributed by atoms with van der Waals surface area (Å²) in [7, 11) is -5.09. The molecule has 0 spiro atoms. The Morgan fingerprint density at radius 3 is 2.21 bits per heavy atom. The number of oxime groups is 1. The molecule has 1 aromatic carbocycles. The van der Waals surface area contributed by atoms with Crippen molar-refractivity contribution >= 4 is 89.2 Å². The second-order valence-corrected chi connectivity index (χ2v) is 20.5. The fourth-order valence-electron chi connectivity index (χ4n) is 5.53. The maximum absolute atomic E-state index is 13.9. The highest BCUT2D eigenvalue weighted by Crippen LogP contribution is 2.34. The van der Waals surface area contributed by atoms with Gasteiger partial charge < -0.3 is 39.3 Å². The molecule has 0 unspecified atom stereocenters. The van der Waals surface area contributed by atoms with Crippen LogP contribution in [0.5, 0.6) is 5.75 Å². The number of likely N-dealkylation sites (tertiary alicyclic amines) is 1. The van der Waals surface area contributed by atoms with Gasteiger partial charge >= 0.3 is 28.6 Å². The van der Waals surface area contributed by atoms with Gasteiger partial charge in [-0.2, -0.15) is 13.5 Å². The molecule has 4 heterocycles. The lowest BCUT2D eigenvalue weighted by Crippen LogP contribution is -2.76. The van der Waals surface area contributed by atoms with Gasteiger partial charge in [0, 0.05) is 18.5 Å². The first-order chi connectivity index (χ1) is 28.5. The average Bonchev–Trinajstić information content (AvgIpc) is 3.72. The standard InChI is InChI=1S/C37H50N8O14S3/c1-34(2,3)55-29(48)23(17-54-20-12-13-21-24(14-20)61-31(39-21)38-19-15-44(16-19)33(50)57-36(7,8)9)58-43-25(22-18-60-30(40-22)42-32(49)56-35(4,5)6)27(46)41-26-28(47)45(37(26,10)11)59-62(51,52)53/h12-14,18-19,23,26H,15-17H2,1-11H3,(H,38,39)(H,41,46)(H,40,42,49)(H,51,52,53)/b43-25-/t23-,26+/m0/s1. The predicted octanol–water partition coefficient (Wildman–Crippen LogP) is 4.48. The van der Waals surface area contributed by atoms with E-state index in [4.69, 9.17) is 28.3 Å². The van der Waals surface area contributed by atoms with Crippen LogP contribution >= 0.6 is 22.7 Å². The molecule has 2 saturated heterocycles. The minimum absolute atomic E-state index is 0.0122. The summed E-state index contributed by atoms with van der Waals surface area (Å²) in [5, 5.41) is 14.5. The van der Waals surface area contributed by atoms with Crippen molar-refractivity contribution in [3.05, 3.63) is 29.3 Å². The molecule has 340 valence electrons. The average molecular weight is 927 g/mol. The first-order valence-electron chi connectivity index (χ1n) is 19.0. The minimum Gasteiger partial charge on any atom is -0.489 e. The molecule has 5 rings (SSSR count). The second-order valence-electron chi connectivity index (χ2n) is 17.6. The molecule has 25 heteroatoms. The molecule has 0 bridgehead atoms. The van der Waals surface area contributed by atoms with Gasteiger partial charge in [-0.3, -0.25) is 19.5 Å². The Bertz CT molecular complexity index is 2340. The number of rotatable bonds is 14. The summed E-state index contributed by atoms with van der Waals surface area (Å²) in [4.78, 5) is 81.1. The molecule has 0 saturated carbocycles. The Hall–Kier alpha value is -5.37. The Labute approximate surface area is 365 Å². The lowest BCUT2D eigenvalue weighted by Gasteiger charge is -2.50. The van der Waals surface area contributed by atoms with Crippen LogP contribution in [0.25, 0.3) is 10.2 Å². The third-order valence-corrected chi connectivity index (χ3v) is 10.3. The van der Waals surface area contributed by atoms with Crippen molar-refractivity contribution in [2.45, 2.75) is 117 Å². The van der Waals surface area contributed by atoms with Crippen LogP contribution < -0.4 is 20.7 Å². The number of fused-ring (bicyclic) bond motifs is 1. The summed E-state index contributed by atoms with van der Waals surface area (Å²) < 4.78 is 59.2. The zero-order valence-corrected chi connectivity index (χ0v) is 38.3. The van der Waals surface area contributed by atoms with Gasteiger partial charge in [-0.05, 0) is 94.4 Å². The molecular formula is C37H50N8O14S3. The maximum Gasteiger partial charge on any atom is 0.418 e. The molecule has 2 atom stereocenters. The van der Waals surface area contributed by atoms with Gasteiger partial charge in [-0.15, -0.1) is 15.6 Å². The third kappa shape index (κ3) is 12.8. The second kappa shape index (κ2) is 17.8. The summed E-state index contributed by atoms with van der Waals surface area (Å²) in [6, 6.07) is 3.64. The smallest absolute Gasteiger partial charge is 0.418 e. The van der Waals surface area contributed by atoms with Crippen LogP contribution in [0.1, 0.15) is 81.9 Å². The van der Waals surface area contributed by atoms with E-state index in [0.29, 0.717) is 34.6 Å². The Kier molecular flexibility index (Phi) is 13.7. The van der Waals surface area contributed by atoms with E-state index in [1.54, 1.807) is 85.4 Å². The number of β-lactam (4-membered cyclic amide) rings is 1. The van der Waals surface area contributed by atoms with Gasteiger partial charge in [0.1, 0.15) is 40.9 Å². The summed E-state index contributed by atoms with van der Waals surface area (Å²) >= 11 is 2.24. The minimum atomic E-state index is -5.09. The lowest BCUT2D eigenvalue weighted by molar-refractivity contribution is -0.218. The van der Waals surface area contributed by atoms with E-state index in [1.165, 1.54) is 30.6 Å². The normalized spacial score (nSPS) is 17.6. The first kappa shape index (κ1) is 47.7. The molecule has 62 heavy (non-hydrogen) atoms. The number of carbonyl (C=O) groups is 5. The van der Waals surface area contributed by atoms with E-state index in [2.05, 4.69) is 35.4 Å². The van der Waals surface area contributed by atoms with Crippen LogP contribution in [0.2, 0.25) is 0 Å². The van der Waals surface area contributed by atoms with Crippen molar-refractivity contribution in [1.82, 2.24) is 25.2 Å². The maximum atomic E-state index is 13.9. The van der Waals surface area contributed by atoms with Gasteiger partial charge in [0.2, 0.25) is 0 Å². The molecule has 22 nitrogen and oxygen atoms in total. The van der Waals surface area contributed by atoms with Crippen LogP contribution in [0, 0.1) is 0 Å². The van der Waals surface area contributed by atoms with Crippen LogP contribution in [0.15, 0.2) is 28.7 Å². The van der Waals surface area contributed by atoms with E-state index in [-0.39, 0.29) is 23.0 Å². The highest BCUT2D eigenvalue weighted by Gasteiger charge is 2.58. The quantitative estimate of drug-likeness (QED) is 0.0433. The Balaban J connectivity index is 1.34. The number of hydrogen-bond donors (Lipinski definition) is 4. The fourth-order valence-corrected chi connectivity index (χ4v) is 7.63. The Morgan fingerprint density at radius 2 is 1.61 bits per heavy atom. The molecule has 0 aliphatic carbocycles. The largest absolute Gasteiger partial charge is 0.489 e. The number of thiazole rings is 2. The first-order valence-corrected chi connectivity index (χ1v) is 22.0. The number of nitrogens with zero attached hydrogens (tertiary/aromatic N) is 5. The zero-order chi connectivity index (χ0) is 46.2. The number of hydroxylamine groups is 2. The Morgan fingerprint density at radius 1 is 0.968 bits per heavy atom. The summed E-state index contributed by atoms with van der Waals surface area (Å²) in [6.07, 6.45) is -2.81. The molecule has 4 amide bonds. The third-order valence-electron chi connectivity index (χ3n) is 8.25. The van der Waals surface area contributed by atoms with Crippen LogP contribution in [-0.4, -0.2) is 129 Å². The van der Waals surface area contributed by atoms with E-state index >= 15 is 0 Å². The topological polar surface area (TPSA) is 276 Å². The van der Waals surface area contributed by atoms with E-state index in [1.807, 2.05) is 0 Å². The molecule has 2 aliphatic rings. The number of ether oxygens (including phenoxy) is 4. The molecule has 0 radical (unpaired) electrons. The number of amides is 4. The summed E-state index contributed by atoms with van der Waals surface area (Å²) in [6.45, 7) is 18.4. The van der Waals surface area contributed by atoms with Gasteiger partial charge in [0.25, 0.3) is 17.9 Å². The summed E-state index contributed by atoms with van der Waals surface area (Å²) in [5.74, 6) is -2.68. The molecule has 2 fully saturated rings. The number of benzene rings is 1. The molecule has 4 N–H and O–H groups in total. The number of nitrogens with one attached hydrogen (secondary N) is 3. The lowest BCUT2D eigenvalue weighted by atomic mass is 9.84. The molecule has 2 aromatic heterocycles. The van der Waals surface area contributed by atoms with E-state index in [0.717, 1.165) is 16.0 Å². The number of carbonyl (C=O) groups excluding carboxylic acids is 5. The fraction of sp³-hybridized carbons (Fsp3) is 0.568. The summed E-state index contributed by atoms with van der Waals surface area (Å²) in [5.41, 5.74) is -4.00. The zero-order valence-electron chi connectivity index (χ0n) is 35.9. The molecular weight excluding hydrogens is 877 g/mol. The van der Waals surface area contributed by atoms with Crippen molar-refractivity contribution in [2.75, 3.05) is 30.3 Å².